The Morgan fingerprint density at radius 1 is 1.31 bits per heavy atom. The van der Waals surface area contributed by atoms with Gasteiger partial charge in [-0.1, -0.05) is 43.7 Å². The Morgan fingerprint density at radius 3 is 2.88 bits per heavy atom. The van der Waals surface area contributed by atoms with Crippen molar-refractivity contribution in [3.63, 3.8) is 0 Å². The minimum atomic E-state index is -1.50. The third-order valence-electron chi connectivity index (χ3n) is 8.01. The summed E-state index contributed by atoms with van der Waals surface area (Å²) in [4.78, 5) is 61.7. The number of anilines is 1. The van der Waals surface area contributed by atoms with Gasteiger partial charge in [-0.05, 0) is 53.9 Å². The first-order valence-corrected chi connectivity index (χ1v) is 16.8. The Bertz CT molecular complexity index is 1580. The molecule has 4 rings (SSSR count). The van der Waals surface area contributed by atoms with Gasteiger partial charge in [0.1, 0.15) is 29.2 Å². The number of amides is 3. The molecule has 2 aromatic heterocycles. The van der Waals surface area contributed by atoms with Gasteiger partial charge >= 0.3 is 12.1 Å². The second-order valence-electron chi connectivity index (χ2n) is 12.1. The molecule has 264 valence electrons. The molecule has 13 nitrogen and oxygen atoms in total. The van der Waals surface area contributed by atoms with E-state index >= 15 is 0 Å². The van der Waals surface area contributed by atoms with E-state index in [1.165, 1.54) is 23.2 Å². The van der Waals surface area contributed by atoms with Crippen LogP contribution in [-0.2, 0) is 25.5 Å². The lowest BCUT2D eigenvalue weighted by molar-refractivity contribution is -0.159. The number of rotatable bonds is 4. The summed E-state index contributed by atoms with van der Waals surface area (Å²) in [6, 6.07) is 2.27. The highest BCUT2D eigenvalue weighted by Crippen LogP contribution is 2.26. The number of carbonyl (C=O) groups excluding carboxylic acids is 4. The minimum absolute atomic E-state index is 0.00814. The van der Waals surface area contributed by atoms with Gasteiger partial charge in [0.25, 0.3) is 5.91 Å². The third-order valence-corrected chi connectivity index (χ3v) is 8.45. The number of esters is 1. The quantitative estimate of drug-likeness (QED) is 0.295. The van der Waals surface area contributed by atoms with E-state index in [-0.39, 0.29) is 44.1 Å². The number of oxazole rings is 1. The van der Waals surface area contributed by atoms with Crippen LogP contribution in [0.2, 0.25) is 0 Å². The summed E-state index contributed by atoms with van der Waals surface area (Å²) in [5.74, 6) is -2.66. The third kappa shape index (κ3) is 11.3. The van der Waals surface area contributed by atoms with Gasteiger partial charge in [-0.3, -0.25) is 14.9 Å². The average molecular weight is 747 g/mol. The van der Waals surface area contributed by atoms with Crippen molar-refractivity contribution in [1.82, 2.24) is 20.2 Å². The summed E-state index contributed by atoms with van der Waals surface area (Å²) in [5.41, 5.74) is 1.06. The molecular weight excluding hydrogens is 705 g/mol. The fourth-order valence-corrected chi connectivity index (χ4v) is 5.93. The molecular formula is C34H41BrFN5O8. The summed E-state index contributed by atoms with van der Waals surface area (Å²) in [6.07, 6.45) is 6.71. The lowest BCUT2D eigenvalue weighted by Gasteiger charge is -2.30. The van der Waals surface area contributed by atoms with Gasteiger partial charge in [-0.25, -0.2) is 23.9 Å². The Kier molecular flexibility index (Phi) is 13.6. The average Bonchev–Trinajstić information content (AvgIpc) is 3.73. The van der Waals surface area contributed by atoms with Crippen molar-refractivity contribution in [2.75, 3.05) is 25.0 Å². The highest BCUT2D eigenvalue weighted by Gasteiger charge is 2.39. The van der Waals surface area contributed by atoms with Gasteiger partial charge in [0.05, 0.1) is 19.1 Å². The van der Waals surface area contributed by atoms with Crippen molar-refractivity contribution in [3.8, 4) is 0 Å². The van der Waals surface area contributed by atoms with E-state index in [4.69, 9.17) is 13.9 Å². The molecule has 15 heteroatoms. The number of alkyl halides is 1. The second kappa shape index (κ2) is 17.9. The lowest BCUT2D eigenvalue weighted by Crippen LogP contribution is -2.44. The van der Waals surface area contributed by atoms with Crippen molar-refractivity contribution in [3.05, 3.63) is 76.7 Å². The Morgan fingerprint density at radius 2 is 2.10 bits per heavy atom. The highest BCUT2D eigenvalue weighted by molar-refractivity contribution is 9.10. The van der Waals surface area contributed by atoms with Crippen LogP contribution in [0.25, 0.3) is 0 Å². The van der Waals surface area contributed by atoms with E-state index in [1.54, 1.807) is 51.1 Å². The maximum absolute atomic E-state index is 14.8. The zero-order valence-corrected chi connectivity index (χ0v) is 29.1. The Labute approximate surface area is 292 Å². The van der Waals surface area contributed by atoms with Crippen LogP contribution in [-0.4, -0.2) is 88.0 Å². The van der Waals surface area contributed by atoms with Gasteiger partial charge in [-0.2, -0.15) is 0 Å². The van der Waals surface area contributed by atoms with Gasteiger partial charge in [-0.15, -0.1) is 0 Å². The predicted molar refractivity (Wildman–Crippen MR) is 180 cm³/mol. The van der Waals surface area contributed by atoms with E-state index in [0.717, 1.165) is 6.26 Å². The van der Waals surface area contributed by atoms with Crippen LogP contribution in [0.4, 0.5) is 14.9 Å². The molecule has 0 aliphatic carbocycles. The second-order valence-corrected chi connectivity index (χ2v) is 12.9. The Balaban J connectivity index is 1.54. The number of aliphatic hydroxyl groups is 1. The van der Waals surface area contributed by atoms with Crippen LogP contribution in [0.1, 0.15) is 56.4 Å². The number of halogens is 2. The summed E-state index contributed by atoms with van der Waals surface area (Å²) < 4.78 is 32.1. The molecule has 0 aromatic carbocycles. The fraction of sp³-hybridized carbons (Fsp3) is 0.471. The molecule has 2 aliphatic rings. The van der Waals surface area contributed by atoms with Crippen molar-refractivity contribution in [2.24, 2.45) is 11.8 Å². The summed E-state index contributed by atoms with van der Waals surface area (Å²) in [5, 5.41) is 15.7. The van der Waals surface area contributed by atoms with Gasteiger partial charge < -0.3 is 29.2 Å². The van der Waals surface area contributed by atoms with Crippen LogP contribution in [0, 0.1) is 11.8 Å². The molecule has 1 saturated heterocycles. The molecule has 2 aliphatic heterocycles. The van der Waals surface area contributed by atoms with Crippen molar-refractivity contribution in [2.45, 2.75) is 70.9 Å². The van der Waals surface area contributed by atoms with E-state index in [0.29, 0.717) is 28.7 Å². The molecule has 49 heavy (non-hydrogen) atoms. The minimum Gasteiger partial charge on any atom is -0.460 e. The number of cyclic esters (lactones) is 1. The Hall–Kier alpha value is -4.37. The normalized spacial score (nSPS) is 25.8. The number of aromatic nitrogens is 2. The van der Waals surface area contributed by atoms with Crippen LogP contribution in [0.15, 0.2) is 69.6 Å². The monoisotopic (exact) mass is 745 g/mol. The first kappa shape index (κ1) is 37.4. The summed E-state index contributed by atoms with van der Waals surface area (Å²) in [6.45, 7) is 5.58. The van der Waals surface area contributed by atoms with Gasteiger partial charge in [0, 0.05) is 43.2 Å². The topological polar surface area (TPSA) is 173 Å². The number of hydrogen-bond acceptors (Lipinski definition) is 10. The number of carbonyl (C=O) groups is 4. The summed E-state index contributed by atoms with van der Waals surface area (Å²) in [7, 11) is 0. The number of allylic oxidation sites excluding steroid dienone is 2. The molecule has 3 amide bonds. The molecule has 1 fully saturated rings. The van der Waals surface area contributed by atoms with Crippen molar-refractivity contribution >= 4 is 45.5 Å². The standard InChI is InChI=1S/C34H41BrFN5O8/c1-20-6-4-11-38-29(43)9-8-21(2)31(22(3)18-48-34(46)39-24-10-12-37-28(35)17-24)49-33(45)27-7-5-13-41(27)32(44)26-19-47-30(40-26)16-23(36)15-25(42)14-20/h4,6,8-10,12,14,17,19,21-23,25,27,31,42H,5,7,11,13,15-16,18H2,1-3H3,(H,38,43)(H,37,39,46)/b6-4?,9-8+,20-14?/t21-,22+,23-,25-,27-,31+/m1/s1. The smallest absolute Gasteiger partial charge is 0.411 e. The fourth-order valence-electron chi connectivity index (χ4n) is 5.57. The number of fused-ring (bicyclic) bond motifs is 3. The zero-order chi connectivity index (χ0) is 35.5. The van der Waals surface area contributed by atoms with Gasteiger partial charge in [0.2, 0.25) is 5.91 Å². The van der Waals surface area contributed by atoms with Crippen LogP contribution >= 0.6 is 15.9 Å². The molecule has 3 N–H and O–H groups in total. The maximum Gasteiger partial charge on any atom is 0.411 e. The molecule has 2 bridgehead atoms. The molecule has 2 aromatic rings. The lowest BCUT2D eigenvalue weighted by atomic mass is 9.93. The number of nitrogens with one attached hydrogen (secondary N) is 2. The van der Waals surface area contributed by atoms with Crippen LogP contribution < -0.4 is 10.6 Å². The number of ether oxygens (including phenoxy) is 2. The highest BCUT2D eigenvalue weighted by atomic mass is 79.9. The van der Waals surface area contributed by atoms with Crippen molar-refractivity contribution in [1.29, 1.82) is 0 Å². The zero-order valence-electron chi connectivity index (χ0n) is 27.5. The number of nitrogens with zero attached hydrogens (tertiary/aromatic N) is 3. The predicted octanol–water partition coefficient (Wildman–Crippen LogP) is 4.69. The van der Waals surface area contributed by atoms with E-state index in [9.17, 15) is 28.7 Å². The molecule has 0 spiro atoms. The number of hydrogen-bond donors (Lipinski definition) is 3. The van der Waals surface area contributed by atoms with Crippen LogP contribution in [0.5, 0.6) is 0 Å². The molecule has 4 heterocycles. The van der Waals surface area contributed by atoms with E-state index < -0.39 is 60.1 Å². The first-order valence-electron chi connectivity index (χ1n) is 16.0. The molecule has 0 unspecified atom stereocenters. The van der Waals surface area contributed by atoms with Crippen molar-refractivity contribution < 1.29 is 42.6 Å². The first-order chi connectivity index (χ1) is 23.4. The van der Waals surface area contributed by atoms with Crippen LogP contribution in [0.3, 0.4) is 0 Å². The molecule has 0 saturated carbocycles. The molecule has 6 atom stereocenters. The SMILES string of the molecule is CC1=C[C@@H](O)C[C@@H](F)Cc2nc(co2)C(=O)N2CCC[C@@H]2C(=O)O[C@H]([C@@H](C)COC(=O)Nc2ccnc(Br)c2)[C@H](C)/C=C/C(=O)NCC=C1. The largest absolute Gasteiger partial charge is 0.460 e. The summed E-state index contributed by atoms with van der Waals surface area (Å²) >= 11 is 3.24. The van der Waals surface area contributed by atoms with E-state index in [2.05, 4.69) is 36.5 Å². The maximum atomic E-state index is 14.8. The van der Waals surface area contributed by atoms with Gasteiger partial charge in [0.15, 0.2) is 11.6 Å². The van der Waals surface area contributed by atoms with E-state index in [1.807, 2.05) is 0 Å². The number of aliphatic hydroxyl groups excluding tert-OH is 1. The number of pyridine rings is 1. The molecule has 0 radical (unpaired) electrons.